The summed E-state index contributed by atoms with van der Waals surface area (Å²) in [4.78, 5) is 2.21. The third kappa shape index (κ3) is 4.24. The highest BCUT2D eigenvalue weighted by Gasteiger charge is 2.32. The standard InChI is InChI=1S/C18H24N4O2/c1-15(24-2)17-6-5-16(12-22(17)23)4-3-9-21-10-7-18(13-19,14-20)8-11-21/h5-6,12,15H,7-11,13,19H2,1-2H3/t15-/m0/s1. The zero-order chi connectivity index (χ0) is 17.6. The van der Waals surface area contributed by atoms with Crippen LogP contribution in [0.1, 0.15) is 37.1 Å². The fourth-order valence-corrected chi connectivity index (χ4v) is 2.76. The van der Waals surface area contributed by atoms with Gasteiger partial charge in [0.25, 0.3) is 0 Å². The maximum atomic E-state index is 12.0. The van der Waals surface area contributed by atoms with Gasteiger partial charge in [-0.1, -0.05) is 11.8 Å². The number of rotatable bonds is 4. The average Bonchev–Trinajstić information content (AvgIpc) is 2.62. The maximum absolute atomic E-state index is 12.0. The maximum Gasteiger partial charge on any atom is 0.221 e. The van der Waals surface area contributed by atoms with E-state index in [0.717, 1.165) is 30.7 Å². The number of likely N-dealkylation sites (tertiary alicyclic amines) is 1. The van der Waals surface area contributed by atoms with Crippen LogP contribution in [0, 0.1) is 33.8 Å². The lowest BCUT2D eigenvalue weighted by Gasteiger charge is -2.35. The Morgan fingerprint density at radius 2 is 2.17 bits per heavy atom. The molecule has 128 valence electrons. The van der Waals surface area contributed by atoms with Crippen molar-refractivity contribution in [3.63, 3.8) is 0 Å². The van der Waals surface area contributed by atoms with Crippen LogP contribution in [0.2, 0.25) is 0 Å². The van der Waals surface area contributed by atoms with Crippen LogP contribution < -0.4 is 10.5 Å². The lowest BCUT2D eigenvalue weighted by molar-refractivity contribution is -0.618. The monoisotopic (exact) mass is 328 g/mol. The Bertz CT molecular complexity index is 664. The van der Waals surface area contributed by atoms with E-state index in [1.54, 1.807) is 13.2 Å². The van der Waals surface area contributed by atoms with Crippen molar-refractivity contribution in [3.05, 3.63) is 34.8 Å². The van der Waals surface area contributed by atoms with E-state index >= 15 is 0 Å². The summed E-state index contributed by atoms with van der Waals surface area (Å²) >= 11 is 0. The van der Waals surface area contributed by atoms with E-state index in [1.807, 2.05) is 13.0 Å². The number of methoxy groups -OCH3 is 1. The predicted octanol–water partition coefficient (Wildman–Crippen LogP) is 0.943. The smallest absolute Gasteiger partial charge is 0.221 e. The van der Waals surface area contributed by atoms with Crippen LogP contribution in [0.4, 0.5) is 0 Å². The predicted molar refractivity (Wildman–Crippen MR) is 90.5 cm³/mol. The van der Waals surface area contributed by atoms with E-state index in [4.69, 9.17) is 10.5 Å². The Labute approximate surface area is 143 Å². The van der Waals surface area contributed by atoms with Crippen LogP contribution in [0.15, 0.2) is 18.3 Å². The fourth-order valence-electron chi connectivity index (χ4n) is 2.76. The van der Waals surface area contributed by atoms with Gasteiger partial charge in [0.05, 0.1) is 23.6 Å². The second kappa shape index (κ2) is 8.12. The summed E-state index contributed by atoms with van der Waals surface area (Å²) in [5, 5.41) is 21.2. The minimum Gasteiger partial charge on any atom is -0.618 e. The van der Waals surface area contributed by atoms with Crippen LogP contribution in [-0.4, -0.2) is 38.2 Å². The number of hydrogen-bond donors (Lipinski definition) is 1. The van der Waals surface area contributed by atoms with E-state index in [-0.39, 0.29) is 11.5 Å². The Morgan fingerprint density at radius 3 is 2.71 bits per heavy atom. The number of nitrogens with two attached hydrogens (primary N) is 1. The summed E-state index contributed by atoms with van der Waals surface area (Å²) in [5.41, 5.74) is 6.60. The fraction of sp³-hybridized carbons (Fsp3) is 0.556. The van der Waals surface area contributed by atoms with Crippen molar-refractivity contribution in [1.29, 1.82) is 5.26 Å². The van der Waals surface area contributed by atoms with Gasteiger partial charge in [-0.3, -0.25) is 4.90 Å². The molecule has 2 heterocycles. The molecule has 0 amide bonds. The molecule has 1 aromatic heterocycles. The molecular formula is C18H24N4O2. The van der Waals surface area contributed by atoms with Gasteiger partial charge >= 0.3 is 0 Å². The topological polar surface area (TPSA) is 89.2 Å². The molecule has 1 aliphatic rings. The quantitative estimate of drug-likeness (QED) is 0.505. The molecule has 1 saturated heterocycles. The van der Waals surface area contributed by atoms with Gasteiger partial charge in [-0.25, -0.2) is 0 Å². The van der Waals surface area contributed by atoms with Crippen molar-refractivity contribution in [1.82, 2.24) is 4.90 Å². The molecule has 1 atom stereocenters. The molecule has 6 nitrogen and oxygen atoms in total. The van der Waals surface area contributed by atoms with Gasteiger partial charge in [-0.15, -0.1) is 0 Å². The van der Waals surface area contributed by atoms with E-state index in [0.29, 0.717) is 24.3 Å². The number of aromatic nitrogens is 1. The highest BCUT2D eigenvalue weighted by Crippen LogP contribution is 2.29. The zero-order valence-electron chi connectivity index (χ0n) is 14.3. The van der Waals surface area contributed by atoms with Crippen LogP contribution >= 0.6 is 0 Å². The summed E-state index contributed by atoms with van der Waals surface area (Å²) in [7, 11) is 1.57. The molecule has 0 unspecified atom stereocenters. The van der Waals surface area contributed by atoms with E-state index in [9.17, 15) is 10.5 Å². The minimum absolute atomic E-state index is 0.249. The molecule has 0 radical (unpaired) electrons. The molecule has 1 aromatic rings. The third-order valence-electron chi connectivity index (χ3n) is 4.69. The molecule has 24 heavy (non-hydrogen) atoms. The summed E-state index contributed by atoms with van der Waals surface area (Å²) in [6.45, 7) is 4.52. The average molecular weight is 328 g/mol. The van der Waals surface area contributed by atoms with Crippen LogP contribution in [0.3, 0.4) is 0 Å². The van der Waals surface area contributed by atoms with Crippen LogP contribution in [0.5, 0.6) is 0 Å². The van der Waals surface area contributed by atoms with Crippen molar-refractivity contribution >= 4 is 0 Å². The minimum atomic E-state index is -0.369. The van der Waals surface area contributed by atoms with Crippen molar-refractivity contribution in [2.24, 2.45) is 11.1 Å². The third-order valence-corrected chi connectivity index (χ3v) is 4.69. The second-order valence-corrected chi connectivity index (χ2v) is 6.22. The summed E-state index contributed by atoms with van der Waals surface area (Å²) < 4.78 is 5.96. The molecule has 0 spiro atoms. The van der Waals surface area contributed by atoms with Crippen molar-refractivity contribution < 1.29 is 9.47 Å². The first kappa shape index (κ1) is 18.2. The Balaban J connectivity index is 1.93. The normalized spacial score (nSPS) is 18.2. The number of nitrogens with zero attached hydrogens (tertiary/aromatic N) is 3. The first-order valence-corrected chi connectivity index (χ1v) is 8.12. The summed E-state index contributed by atoms with van der Waals surface area (Å²) in [6.07, 6.45) is 2.79. The molecular weight excluding hydrogens is 304 g/mol. The summed E-state index contributed by atoms with van der Waals surface area (Å²) in [6, 6.07) is 5.94. The first-order valence-electron chi connectivity index (χ1n) is 8.12. The Kier molecular flexibility index (Phi) is 6.16. The van der Waals surface area contributed by atoms with E-state index < -0.39 is 0 Å². The van der Waals surface area contributed by atoms with Gasteiger partial charge in [0, 0.05) is 32.8 Å². The molecule has 0 saturated carbocycles. The van der Waals surface area contributed by atoms with E-state index in [1.165, 1.54) is 6.20 Å². The molecule has 0 bridgehead atoms. The molecule has 6 heteroatoms. The molecule has 1 fully saturated rings. The van der Waals surface area contributed by atoms with Gasteiger partial charge in [0.1, 0.15) is 6.10 Å². The Hall–Kier alpha value is -2.12. The molecule has 2 N–H and O–H groups in total. The highest BCUT2D eigenvalue weighted by molar-refractivity contribution is 5.31. The largest absolute Gasteiger partial charge is 0.618 e. The van der Waals surface area contributed by atoms with Gasteiger partial charge < -0.3 is 15.7 Å². The number of ether oxygens (including phenoxy) is 1. The van der Waals surface area contributed by atoms with E-state index in [2.05, 4.69) is 22.8 Å². The van der Waals surface area contributed by atoms with Gasteiger partial charge in [0.15, 0.2) is 6.20 Å². The van der Waals surface area contributed by atoms with Crippen LogP contribution in [0.25, 0.3) is 0 Å². The number of piperidine rings is 1. The Morgan fingerprint density at radius 1 is 1.46 bits per heavy atom. The molecule has 0 aliphatic carbocycles. The SMILES string of the molecule is CO[C@@H](C)c1ccc(C#CCN2CCC(C#N)(CN)CC2)c[n+]1[O-]. The van der Waals surface area contributed by atoms with Crippen molar-refractivity contribution in [2.45, 2.75) is 25.9 Å². The zero-order valence-corrected chi connectivity index (χ0v) is 14.3. The number of hydrogen-bond acceptors (Lipinski definition) is 5. The second-order valence-electron chi connectivity index (χ2n) is 6.22. The number of pyridine rings is 1. The molecule has 0 aromatic carbocycles. The molecule has 1 aliphatic heterocycles. The number of nitriles is 1. The lowest BCUT2D eigenvalue weighted by Crippen LogP contribution is -2.43. The highest BCUT2D eigenvalue weighted by atomic mass is 16.5. The van der Waals surface area contributed by atoms with Crippen molar-refractivity contribution in [2.75, 3.05) is 33.3 Å². The first-order chi connectivity index (χ1) is 11.5. The lowest BCUT2D eigenvalue weighted by atomic mass is 9.80. The van der Waals surface area contributed by atoms with Crippen molar-refractivity contribution in [3.8, 4) is 17.9 Å². The van der Waals surface area contributed by atoms with Crippen LogP contribution in [-0.2, 0) is 4.74 Å². The summed E-state index contributed by atoms with van der Waals surface area (Å²) in [5.74, 6) is 6.13. The molecule has 2 rings (SSSR count). The van der Waals surface area contributed by atoms with Gasteiger partial charge in [-0.2, -0.15) is 9.99 Å². The van der Waals surface area contributed by atoms with Gasteiger partial charge in [-0.05, 0) is 25.8 Å². The van der Waals surface area contributed by atoms with Gasteiger partial charge in [0.2, 0.25) is 5.69 Å².